The maximum Gasteiger partial charge on any atom is 0.252 e. The Balaban J connectivity index is 2.25. The van der Waals surface area contributed by atoms with Gasteiger partial charge in [0, 0.05) is 19.0 Å². The Kier molecular flexibility index (Phi) is 3.98. The molecule has 116 valence electrons. The van der Waals surface area contributed by atoms with Crippen molar-refractivity contribution in [2.75, 3.05) is 25.2 Å². The lowest BCUT2D eigenvalue weighted by Gasteiger charge is -2.29. The van der Waals surface area contributed by atoms with Gasteiger partial charge in [0.25, 0.3) is 5.91 Å². The van der Waals surface area contributed by atoms with Crippen LogP contribution in [0.4, 0.5) is 5.69 Å². The van der Waals surface area contributed by atoms with Crippen LogP contribution in [-0.4, -0.2) is 37.2 Å². The zero-order valence-corrected chi connectivity index (χ0v) is 13.0. The summed E-state index contributed by atoms with van der Waals surface area (Å²) in [6.07, 6.45) is 2.14. The number of para-hydroxylation sites is 1. The number of carbonyl (C=O) groups excluding carboxylic acids is 1. The molecule has 1 aromatic carbocycles. The number of amides is 1. The third-order valence-corrected chi connectivity index (χ3v) is 4.32. The number of pyridine rings is 1. The molecule has 1 unspecified atom stereocenters. The van der Waals surface area contributed by atoms with Gasteiger partial charge in [-0.05, 0) is 25.8 Å². The first-order chi connectivity index (χ1) is 10.6. The molecule has 2 heterocycles. The van der Waals surface area contributed by atoms with Crippen LogP contribution in [0.25, 0.3) is 10.9 Å². The lowest BCUT2D eigenvalue weighted by atomic mass is 10.0. The number of rotatable bonds is 4. The van der Waals surface area contributed by atoms with Crippen molar-refractivity contribution >= 4 is 22.5 Å². The van der Waals surface area contributed by atoms with Crippen LogP contribution in [0.2, 0.25) is 0 Å². The van der Waals surface area contributed by atoms with E-state index < -0.39 is 5.91 Å². The smallest absolute Gasteiger partial charge is 0.252 e. The van der Waals surface area contributed by atoms with E-state index in [0.29, 0.717) is 17.9 Å². The fourth-order valence-electron chi connectivity index (χ4n) is 3.40. The number of hydrogen-bond acceptors (Lipinski definition) is 4. The van der Waals surface area contributed by atoms with E-state index in [1.54, 1.807) is 7.11 Å². The molecule has 22 heavy (non-hydrogen) atoms. The van der Waals surface area contributed by atoms with Crippen LogP contribution in [0.3, 0.4) is 0 Å². The van der Waals surface area contributed by atoms with Crippen LogP contribution >= 0.6 is 0 Å². The number of ether oxygens (including phenoxy) is 1. The first-order valence-electron chi connectivity index (χ1n) is 7.58. The van der Waals surface area contributed by atoms with Crippen molar-refractivity contribution in [3.8, 4) is 0 Å². The van der Waals surface area contributed by atoms with Crippen molar-refractivity contribution < 1.29 is 9.53 Å². The van der Waals surface area contributed by atoms with E-state index in [9.17, 15) is 4.79 Å². The van der Waals surface area contributed by atoms with Crippen LogP contribution in [0.1, 0.15) is 28.9 Å². The minimum absolute atomic E-state index is 0.272. The first kappa shape index (κ1) is 14.8. The van der Waals surface area contributed by atoms with E-state index in [4.69, 9.17) is 10.5 Å². The van der Waals surface area contributed by atoms with E-state index in [1.165, 1.54) is 0 Å². The Morgan fingerprint density at radius 1 is 1.45 bits per heavy atom. The standard InChI is InChI=1S/C17H21N3O2/c1-11-15(17(18)21)16(13-7-3-4-8-14(13)19-11)20-9-5-6-12(20)10-22-2/h3-4,7-8,12H,5-6,9-10H2,1-2H3,(H2,18,21). The second-order valence-corrected chi connectivity index (χ2v) is 5.75. The predicted octanol–water partition coefficient (Wildman–Crippen LogP) is 2.26. The zero-order chi connectivity index (χ0) is 15.7. The van der Waals surface area contributed by atoms with Gasteiger partial charge >= 0.3 is 0 Å². The topological polar surface area (TPSA) is 68.5 Å². The molecule has 0 radical (unpaired) electrons. The summed E-state index contributed by atoms with van der Waals surface area (Å²) < 4.78 is 5.35. The van der Waals surface area contributed by atoms with Gasteiger partial charge in [-0.15, -0.1) is 0 Å². The molecule has 1 fully saturated rings. The summed E-state index contributed by atoms with van der Waals surface area (Å²) in [5.41, 5.74) is 8.67. The molecule has 1 aromatic heterocycles. The first-order valence-corrected chi connectivity index (χ1v) is 7.58. The SMILES string of the molecule is COCC1CCCN1c1c(C(N)=O)c(C)nc2ccccc12. The number of hydrogen-bond donors (Lipinski definition) is 1. The molecule has 0 aliphatic carbocycles. The van der Waals surface area contributed by atoms with Crippen LogP contribution in [0, 0.1) is 6.92 Å². The summed E-state index contributed by atoms with van der Waals surface area (Å²) in [4.78, 5) is 18.8. The van der Waals surface area contributed by atoms with Gasteiger partial charge in [0.15, 0.2) is 0 Å². The fraction of sp³-hybridized carbons (Fsp3) is 0.412. The highest BCUT2D eigenvalue weighted by molar-refractivity contribution is 6.08. The number of aromatic nitrogens is 1. The van der Waals surface area contributed by atoms with Gasteiger partial charge in [0.2, 0.25) is 0 Å². The van der Waals surface area contributed by atoms with Crippen LogP contribution in [-0.2, 0) is 4.74 Å². The molecule has 2 N–H and O–H groups in total. The van der Waals surface area contributed by atoms with Crippen molar-refractivity contribution in [1.82, 2.24) is 4.98 Å². The zero-order valence-electron chi connectivity index (χ0n) is 13.0. The van der Waals surface area contributed by atoms with Crippen molar-refractivity contribution in [3.63, 3.8) is 0 Å². The normalized spacial score (nSPS) is 18.1. The Labute approximate surface area is 130 Å². The highest BCUT2D eigenvalue weighted by Gasteiger charge is 2.30. The van der Waals surface area contributed by atoms with Crippen molar-refractivity contribution in [2.45, 2.75) is 25.8 Å². The number of anilines is 1. The molecule has 1 atom stereocenters. The van der Waals surface area contributed by atoms with E-state index in [2.05, 4.69) is 9.88 Å². The van der Waals surface area contributed by atoms with Crippen molar-refractivity contribution in [1.29, 1.82) is 0 Å². The number of primary amides is 1. The molecule has 0 spiro atoms. The Bertz CT molecular complexity index is 714. The summed E-state index contributed by atoms with van der Waals surface area (Å²) in [5.74, 6) is -0.422. The molecule has 0 saturated carbocycles. The van der Waals surface area contributed by atoms with Crippen LogP contribution in [0.5, 0.6) is 0 Å². The Morgan fingerprint density at radius 3 is 2.95 bits per heavy atom. The highest BCUT2D eigenvalue weighted by atomic mass is 16.5. The third-order valence-electron chi connectivity index (χ3n) is 4.32. The average molecular weight is 299 g/mol. The number of methoxy groups -OCH3 is 1. The molecule has 2 aromatic rings. The molecule has 0 bridgehead atoms. The number of carbonyl (C=O) groups is 1. The van der Waals surface area contributed by atoms with E-state index in [0.717, 1.165) is 36.0 Å². The second kappa shape index (κ2) is 5.93. The molecule has 1 aliphatic heterocycles. The largest absolute Gasteiger partial charge is 0.383 e. The quantitative estimate of drug-likeness (QED) is 0.940. The molecule has 3 rings (SSSR count). The van der Waals surface area contributed by atoms with Crippen LogP contribution in [0.15, 0.2) is 24.3 Å². The predicted molar refractivity (Wildman–Crippen MR) is 87.2 cm³/mol. The van der Waals surface area contributed by atoms with Crippen molar-refractivity contribution in [3.05, 3.63) is 35.5 Å². The van der Waals surface area contributed by atoms with Crippen LogP contribution < -0.4 is 10.6 Å². The number of aryl methyl sites for hydroxylation is 1. The second-order valence-electron chi connectivity index (χ2n) is 5.75. The van der Waals surface area contributed by atoms with Gasteiger partial charge in [-0.1, -0.05) is 18.2 Å². The number of nitrogens with zero attached hydrogens (tertiary/aromatic N) is 2. The van der Waals surface area contributed by atoms with E-state index in [1.807, 2.05) is 31.2 Å². The Hall–Kier alpha value is -2.14. The van der Waals surface area contributed by atoms with Gasteiger partial charge in [0.05, 0.1) is 35.1 Å². The number of nitrogens with two attached hydrogens (primary N) is 1. The molecule has 1 aliphatic rings. The number of fused-ring (bicyclic) bond motifs is 1. The molecule has 5 heteroatoms. The van der Waals surface area contributed by atoms with Gasteiger partial charge in [-0.3, -0.25) is 9.78 Å². The summed E-state index contributed by atoms with van der Waals surface area (Å²) in [5, 5.41) is 0.977. The molecule has 1 saturated heterocycles. The van der Waals surface area contributed by atoms with E-state index in [-0.39, 0.29) is 6.04 Å². The lowest BCUT2D eigenvalue weighted by molar-refractivity contribution is 0.0999. The molecular weight excluding hydrogens is 278 g/mol. The summed E-state index contributed by atoms with van der Waals surface area (Å²) in [6, 6.07) is 8.17. The van der Waals surface area contributed by atoms with Gasteiger partial charge < -0.3 is 15.4 Å². The summed E-state index contributed by atoms with van der Waals surface area (Å²) in [7, 11) is 1.71. The van der Waals surface area contributed by atoms with E-state index >= 15 is 0 Å². The fourth-order valence-corrected chi connectivity index (χ4v) is 3.40. The molecule has 5 nitrogen and oxygen atoms in total. The number of benzene rings is 1. The third kappa shape index (κ3) is 2.41. The highest BCUT2D eigenvalue weighted by Crippen LogP contribution is 2.36. The van der Waals surface area contributed by atoms with Crippen molar-refractivity contribution in [2.24, 2.45) is 5.73 Å². The minimum atomic E-state index is -0.422. The minimum Gasteiger partial charge on any atom is -0.383 e. The van der Waals surface area contributed by atoms with Gasteiger partial charge in [0.1, 0.15) is 0 Å². The summed E-state index contributed by atoms with van der Waals surface area (Å²) in [6.45, 7) is 3.40. The van der Waals surface area contributed by atoms with Gasteiger partial charge in [-0.2, -0.15) is 0 Å². The van der Waals surface area contributed by atoms with Gasteiger partial charge in [-0.25, -0.2) is 0 Å². The maximum atomic E-state index is 12.0. The monoisotopic (exact) mass is 299 g/mol. The lowest BCUT2D eigenvalue weighted by Crippen LogP contribution is -2.35. The maximum absolute atomic E-state index is 12.0. The average Bonchev–Trinajstić information content (AvgIpc) is 2.93. The molecular formula is C17H21N3O2. The Morgan fingerprint density at radius 2 is 2.23 bits per heavy atom. The molecule has 1 amide bonds. The summed E-state index contributed by atoms with van der Waals surface area (Å²) >= 11 is 0.